The Labute approximate surface area is 110 Å². The molecule has 3 heteroatoms. The van der Waals surface area contributed by atoms with Gasteiger partial charge in [-0.15, -0.1) is 0 Å². The van der Waals surface area contributed by atoms with Crippen molar-refractivity contribution in [2.45, 2.75) is 32.2 Å². The number of allylic oxidation sites excluding steroid dienone is 1. The molecule has 0 aromatic heterocycles. The average molecular weight is 294 g/mol. The van der Waals surface area contributed by atoms with Gasteiger partial charge in [0.25, 0.3) is 0 Å². The Balaban J connectivity index is 2.05. The highest BCUT2D eigenvalue weighted by Gasteiger charge is 2.18. The van der Waals surface area contributed by atoms with Crippen LogP contribution in [0.1, 0.15) is 31.7 Å². The van der Waals surface area contributed by atoms with Crippen molar-refractivity contribution in [3.8, 4) is 0 Å². The van der Waals surface area contributed by atoms with Crippen molar-refractivity contribution in [3.05, 3.63) is 40.4 Å². The molecular weight excluding hydrogens is 278 g/mol. The minimum Gasteiger partial charge on any atom is -0.350 e. The van der Waals surface area contributed by atoms with Gasteiger partial charge in [0.2, 0.25) is 5.91 Å². The van der Waals surface area contributed by atoms with Crippen LogP contribution in [0.4, 0.5) is 0 Å². The lowest BCUT2D eigenvalue weighted by atomic mass is 9.93. The lowest BCUT2D eigenvalue weighted by Crippen LogP contribution is -2.38. The average Bonchev–Trinajstić information content (AvgIpc) is 2.24. The van der Waals surface area contributed by atoms with Crippen molar-refractivity contribution in [1.29, 1.82) is 0 Å². The predicted octanol–water partition coefficient (Wildman–Crippen LogP) is 3.52. The highest BCUT2D eigenvalue weighted by Crippen LogP contribution is 2.23. The number of carbonyl (C=O) groups is 1. The molecule has 0 heterocycles. The molecule has 0 atom stereocenters. The Morgan fingerprint density at radius 1 is 1.41 bits per heavy atom. The first-order valence-corrected chi connectivity index (χ1v) is 6.70. The van der Waals surface area contributed by atoms with Crippen molar-refractivity contribution in [3.63, 3.8) is 0 Å². The quantitative estimate of drug-likeness (QED) is 0.849. The van der Waals surface area contributed by atoms with E-state index in [1.807, 2.05) is 31.2 Å². The second kappa shape index (κ2) is 5.50. The monoisotopic (exact) mass is 293 g/mol. The normalized spacial score (nSPS) is 16.5. The summed E-state index contributed by atoms with van der Waals surface area (Å²) < 4.78 is 1.02. The third-order valence-corrected chi connectivity index (χ3v) is 3.79. The second-order valence-electron chi connectivity index (χ2n) is 4.44. The van der Waals surface area contributed by atoms with Crippen LogP contribution in [0.2, 0.25) is 0 Å². The molecule has 1 aliphatic carbocycles. The summed E-state index contributed by atoms with van der Waals surface area (Å²) in [7, 11) is 0. The number of hydrogen-bond acceptors (Lipinski definition) is 1. The smallest absolute Gasteiger partial charge is 0.244 e. The van der Waals surface area contributed by atoms with Crippen LogP contribution >= 0.6 is 15.9 Å². The van der Waals surface area contributed by atoms with Crippen LogP contribution < -0.4 is 5.32 Å². The minimum absolute atomic E-state index is 0.0166. The number of hydrogen-bond donors (Lipinski definition) is 1. The van der Waals surface area contributed by atoms with E-state index in [2.05, 4.69) is 21.2 Å². The number of carbonyl (C=O) groups excluding carboxylic acids is 1. The summed E-state index contributed by atoms with van der Waals surface area (Å²) in [6, 6.07) is 8.32. The van der Waals surface area contributed by atoms with Gasteiger partial charge in [-0.1, -0.05) is 34.1 Å². The summed E-state index contributed by atoms with van der Waals surface area (Å²) in [4.78, 5) is 11.7. The SMILES string of the molecule is C/C(=C/C(=O)NC1CCC1)c1ccccc1Br. The molecule has 1 aliphatic rings. The van der Waals surface area contributed by atoms with Crippen molar-refractivity contribution >= 4 is 27.4 Å². The molecule has 2 rings (SSSR count). The summed E-state index contributed by atoms with van der Waals surface area (Å²) in [5.74, 6) is 0.0166. The number of halogens is 1. The third kappa shape index (κ3) is 3.19. The van der Waals surface area contributed by atoms with E-state index in [0.717, 1.165) is 28.5 Å². The van der Waals surface area contributed by atoms with Crippen LogP contribution in [0.15, 0.2) is 34.8 Å². The first-order valence-electron chi connectivity index (χ1n) is 5.90. The Morgan fingerprint density at radius 2 is 2.12 bits per heavy atom. The maximum absolute atomic E-state index is 11.7. The zero-order valence-corrected chi connectivity index (χ0v) is 11.5. The standard InChI is InChI=1S/C14H16BrNO/c1-10(12-7-2-3-8-13(12)15)9-14(17)16-11-5-4-6-11/h2-3,7-9,11H,4-6H2,1H3,(H,16,17)/b10-9-. The molecule has 2 nitrogen and oxygen atoms in total. The molecule has 1 aromatic rings. The van der Waals surface area contributed by atoms with Crippen LogP contribution in [0.25, 0.3) is 5.57 Å². The van der Waals surface area contributed by atoms with Crippen molar-refractivity contribution in [2.75, 3.05) is 0 Å². The molecule has 1 saturated carbocycles. The Hall–Kier alpha value is -1.09. The van der Waals surface area contributed by atoms with Gasteiger partial charge in [-0.2, -0.15) is 0 Å². The van der Waals surface area contributed by atoms with E-state index in [-0.39, 0.29) is 5.91 Å². The van der Waals surface area contributed by atoms with Crippen LogP contribution in [-0.2, 0) is 4.79 Å². The van der Waals surface area contributed by atoms with E-state index in [4.69, 9.17) is 0 Å². The zero-order chi connectivity index (χ0) is 12.3. The van der Waals surface area contributed by atoms with Gasteiger partial charge in [0.15, 0.2) is 0 Å². The van der Waals surface area contributed by atoms with Gasteiger partial charge in [0.1, 0.15) is 0 Å². The Bertz CT molecular complexity index is 449. The van der Waals surface area contributed by atoms with Crippen molar-refractivity contribution < 1.29 is 4.79 Å². The molecule has 0 spiro atoms. The van der Waals surface area contributed by atoms with Gasteiger partial charge >= 0.3 is 0 Å². The Kier molecular flexibility index (Phi) is 4.00. The molecule has 1 amide bonds. The molecule has 1 aromatic carbocycles. The van der Waals surface area contributed by atoms with Gasteiger partial charge in [0.05, 0.1) is 0 Å². The van der Waals surface area contributed by atoms with Gasteiger partial charge < -0.3 is 5.32 Å². The van der Waals surface area contributed by atoms with Crippen LogP contribution in [0.5, 0.6) is 0 Å². The van der Waals surface area contributed by atoms with E-state index in [1.54, 1.807) is 6.08 Å². The summed E-state index contributed by atoms with van der Waals surface area (Å²) in [5.41, 5.74) is 2.05. The van der Waals surface area contributed by atoms with E-state index in [9.17, 15) is 4.79 Å². The van der Waals surface area contributed by atoms with Crippen LogP contribution in [0.3, 0.4) is 0 Å². The molecular formula is C14H16BrNO. The largest absolute Gasteiger partial charge is 0.350 e. The predicted molar refractivity (Wildman–Crippen MR) is 73.6 cm³/mol. The highest BCUT2D eigenvalue weighted by molar-refractivity contribution is 9.10. The van der Waals surface area contributed by atoms with E-state index < -0.39 is 0 Å². The van der Waals surface area contributed by atoms with Crippen molar-refractivity contribution in [1.82, 2.24) is 5.32 Å². The highest BCUT2D eigenvalue weighted by atomic mass is 79.9. The fourth-order valence-corrected chi connectivity index (χ4v) is 2.45. The number of rotatable bonds is 3. The lowest BCUT2D eigenvalue weighted by molar-refractivity contribution is -0.117. The minimum atomic E-state index is 0.0166. The topological polar surface area (TPSA) is 29.1 Å². The third-order valence-electron chi connectivity index (χ3n) is 3.10. The fraction of sp³-hybridized carbons (Fsp3) is 0.357. The molecule has 1 N–H and O–H groups in total. The lowest BCUT2D eigenvalue weighted by Gasteiger charge is -2.25. The van der Waals surface area contributed by atoms with Crippen molar-refractivity contribution in [2.24, 2.45) is 0 Å². The molecule has 0 aliphatic heterocycles. The molecule has 17 heavy (non-hydrogen) atoms. The number of amides is 1. The summed E-state index contributed by atoms with van der Waals surface area (Å²) in [6.45, 7) is 1.96. The van der Waals surface area contributed by atoms with E-state index >= 15 is 0 Å². The molecule has 0 bridgehead atoms. The fourth-order valence-electron chi connectivity index (χ4n) is 1.85. The maximum atomic E-state index is 11.7. The first-order chi connectivity index (χ1) is 8.16. The van der Waals surface area contributed by atoms with E-state index in [0.29, 0.717) is 6.04 Å². The number of nitrogens with one attached hydrogen (secondary N) is 1. The summed E-state index contributed by atoms with van der Waals surface area (Å²) in [6.07, 6.45) is 5.15. The zero-order valence-electron chi connectivity index (χ0n) is 9.87. The summed E-state index contributed by atoms with van der Waals surface area (Å²) in [5, 5.41) is 3.01. The molecule has 0 saturated heterocycles. The van der Waals surface area contributed by atoms with Gasteiger partial charge in [-0.05, 0) is 43.4 Å². The second-order valence-corrected chi connectivity index (χ2v) is 5.30. The van der Waals surface area contributed by atoms with Gasteiger partial charge in [0, 0.05) is 16.6 Å². The van der Waals surface area contributed by atoms with E-state index in [1.165, 1.54) is 6.42 Å². The van der Waals surface area contributed by atoms with Gasteiger partial charge in [-0.25, -0.2) is 0 Å². The molecule has 1 fully saturated rings. The van der Waals surface area contributed by atoms with Gasteiger partial charge in [-0.3, -0.25) is 4.79 Å². The Morgan fingerprint density at radius 3 is 2.71 bits per heavy atom. The molecule has 0 radical (unpaired) electrons. The maximum Gasteiger partial charge on any atom is 0.244 e. The molecule has 0 unspecified atom stereocenters. The first kappa shape index (κ1) is 12.4. The van der Waals surface area contributed by atoms with Crippen LogP contribution in [0, 0.1) is 0 Å². The molecule has 90 valence electrons. The van der Waals surface area contributed by atoms with Crippen LogP contribution in [-0.4, -0.2) is 11.9 Å². The number of benzene rings is 1. The summed E-state index contributed by atoms with van der Waals surface area (Å²) >= 11 is 3.49.